The Morgan fingerprint density at radius 1 is 1.27 bits per heavy atom. The van der Waals surface area contributed by atoms with E-state index in [1.54, 1.807) is 13.0 Å². The summed E-state index contributed by atoms with van der Waals surface area (Å²) in [4.78, 5) is 12.6. The molecule has 2 fully saturated rings. The number of aliphatic hydroxyl groups is 1. The average Bonchev–Trinajstić information content (AvgIpc) is 2.66. The largest absolute Gasteiger partial charge is 0.508 e. The zero-order valence-electron chi connectivity index (χ0n) is 12.8. The van der Waals surface area contributed by atoms with Gasteiger partial charge in [0.25, 0.3) is 0 Å². The second-order valence-corrected chi connectivity index (χ2v) is 6.97. The van der Waals surface area contributed by atoms with Crippen LogP contribution in [0.2, 0.25) is 0 Å². The smallest absolute Gasteiger partial charge is 0.359 e. The lowest BCUT2D eigenvalue weighted by molar-refractivity contribution is -0.444. The second-order valence-electron chi connectivity index (χ2n) is 6.97. The molecule has 4 rings (SSSR count). The highest BCUT2D eigenvalue weighted by Gasteiger charge is 2.75. The number of aryl methyl sites for hydroxylation is 1. The Kier molecular flexibility index (Phi) is 2.32. The summed E-state index contributed by atoms with van der Waals surface area (Å²) in [6.07, 6.45) is -0.272. The maximum absolute atomic E-state index is 12.6. The van der Waals surface area contributed by atoms with Crippen molar-refractivity contribution < 1.29 is 29.2 Å². The van der Waals surface area contributed by atoms with E-state index in [4.69, 9.17) is 14.2 Å². The van der Waals surface area contributed by atoms with Gasteiger partial charge in [0.15, 0.2) is 0 Å². The summed E-state index contributed by atoms with van der Waals surface area (Å²) in [7, 11) is 0. The quantitative estimate of drug-likeness (QED) is 0.708. The van der Waals surface area contributed by atoms with Gasteiger partial charge in [-0.05, 0) is 31.5 Å². The Morgan fingerprint density at radius 2 is 1.95 bits per heavy atom. The van der Waals surface area contributed by atoms with Gasteiger partial charge in [-0.1, -0.05) is 13.8 Å². The molecule has 2 bridgehead atoms. The minimum Gasteiger partial charge on any atom is -0.508 e. The number of hydrogen-bond acceptors (Lipinski definition) is 6. The molecule has 1 aromatic carbocycles. The minimum atomic E-state index is -2.22. The molecule has 6 nitrogen and oxygen atoms in total. The van der Waals surface area contributed by atoms with Gasteiger partial charge in [-0.25, -0.2) is 0 Å². The van der Waals surface area contributed by atoms with Crippen LogP contribution < -0.4 is 0 Å². The van der Waals surface area contributed by atoms with Crippen LogP contribution in [0.15, 0.2) is 12.1 Å². The molecule has 0 radical (unpaired) electrons. The van der Waals surface area contributed by atoms with Crippen molar-refractivity contribution in [2.45, 2.75) is 45.6 Å². The predicted molar refractivity (Wildman–Crippen MR) is 73.4 cm³/mol. The van der Waals surface area contributed by atoms with Crippen LogP contribution in [-0.4, -0.2) is 22.3 Å². The SMILES string of the molecule is Cc1cc(O)cc2c1[C@]13O[C@H](C)C(C)(C)[C@H]1C(=O)O[C@@]2(O)O3. The van der Waals surface area contributed by atoms with Crippen molar-refractivity contribution in [2.24, 2.45) is 11.3 Å². The van der Waals surface area contributed by atoms with Crippen LogP contribution >= 0.6 is 0 Å². The Bertz CT molecular complexity index is 711. The number of fused-ring (bicyclic) bond motifs is 3. The van der Waals surface area contributed by atoms with E-state index in [0.29, 0.717) is 11.1 Å². The van der Waals surface area contributed by atoms with E-state index < -0.39 is 29.1 Å². The number of phenolic OH excluding ortho intramolecular Hbond substituents is 1. The van der Waals surface area contributed by atoms with Crippen molar-refractivity contribution in [3.8, 4) is 5.75 Å². The number of carbonyl (C=O) groups excluding carboxylic acids is 1. The van der Waals surface area contributed by atoms with Crippen molar-refractivity contribution in [2.75, 3.05) is 0 Å². The number of hydrogen-bond donors (Lipinski definition) is 2. The zero-order chi connectivity index (χ0) is 16.1. The summed E-state index contributed by atoms with van der Waals surface area (Å²) < 4.78 is 17.0. The maximum Gasteiger partial charge on any atom is 0.359 e. The maximum atomic E-state index is 12.6. The molecule has 22 heavy (non-hydrogen) atoms. The molecule has 118 valence electrons. The molecule has 0 aromatic heterocycles. The summed E-state index contributed by atoms with van der Waals surface area (Å²) in [5.41, 5.74) is 0.954. The Morgan fingerprint density at radius 3 is 2.64 bits per heavy atom. The highest BCUT2D eigenvalue weighted by molar-refractivity contribution is 5.79. The van der Waals surface area contributed by atoms with E-state index in [-0.39, 0.29) is 17.4 Å². The number of ether oxygens (including phenoxy) is 3. The second kappa shape index (κ2) is 3.64. The van der Waals surface area contributed by atoms with Crippen molar-refractivity contribution in [3.63, 3.8) is 0 Å². The Labute approximate surface area is 127 Å². The zero-order valence-corrected chi connectivity index (χ0v) is 12.8. The third-order valence-corrected chi connectivity index (χ3v) is 5.30. The average molecular weight is 306 g/mol. The van der Waals surface area contributed by atoms with Gasteiger partial charge in [0, 0.05) is 11.0 Å². The van der Waals surface area contributed by atoms with Gasteiger partial charge in [0.05, 0.1) is 11.7 Å². The van der Waals surface area contributed by atoms with Crippen LogP contribution in [0.25, 0.3) is 0 Å². The van der Waals surface area contributed by atoms with Crippen LogP contribution in [0, 0.1) is 18.3 Å². The fraction of sp³-hybridized carbons (Fsp3) is 0.562. The van der Waals surface area contributed by atoms with E-state index in [0.717, 1.165) is 0 Å². The van der Waals surface area contributed by atoms with Crippen molar-refractivity contribution in [1.82, 2.24) is 0 Å². The first kappa shape index (κ1) is 14.0. The van der Waals surface area contributed by atoms with Crippen LogP contribution in [-0.2, 0) is 30.8 Å². The lowest BCUT2D eigenvalue weighted by Crippen LogP contribution is -2.52. The first-order valence-electron chi connectivity index (χ1n) is 7.29. The summed E-state index contributed by atoms with van der Waals surface area (Å²) >= 11 is 0. The molecular formula is C16H18O6. The topological polar surface area (TPSA) is 85.2 Å². The van der Waals surface area contributed by atoms with Gasteiger partial charge < -0.3 is 19.7 Å². The van der Waals surface area contributed by atoms with Gasteiger partial charge in [0.1, 0.15) is 11.7 Å². The van der Waals surface area contributed by atoms with E-state index in [1.807, 2.05) is 20.8 Å². The lowest BCUT2D eigenvalue weighted by Gasteiger charge is -2.39. The van der Waals surface area contributed by atoms with E-state index in [1.165, 1.54) is 6.07 Å². The molecule has 2 N–H and O–H groups in total. The molecule has 3 aliphatic heterocycles. The van der Waals surface area contributed by atoms with Crippen molar-refractivity contribution in [3.05, 3.63) is 28.8 Å². The first-order valence-corrected chi connectivity index (χ1v) is 7.29. The number of benzene rings is 1. The molecule has 6 heteroatoms. The van der Waals surface area contributed by atoms with E-state index in [2.05, 4.69) is 0 Å². The Balaban J connectivity index is 2.06. The predicted octanol–water partition coefficient (Wildman–Crippen LogP) is 1.60. The Hall–Kier alpha value is -1.63. The van der Waals surface area contributed by atoms with E-state index >= 15 is 0 Å². The molecule has 4 atom stereocenters. The van der Waals surface area contributed by atoms with Crippen LogP contribution in [0.5, 0.6) is 5.75 Å². The number of rotatable bonds is 0. The number of aromatic hydroxyl groups is 1. The highest BCUT2D eigenvalue weighted by Crippen LogP contribution is 2.65. The molecular weight excluding hydrogens is 288 g/mol. The first-order chi connectivity index (χ1) is 10.1. The van der Waals surface area contributed by atoms with E-state index in [9.17, 15) is 15.0 Å². The molecule has 3 aliphatic rings. The van der Waals surface area contributed by atoms with Crippen LogP contribution in [0.1, 0.15) is 37.5 Å². The molecule has 0 unspecified atom stereocenters. The van der Waals surface area contributed by atoms with Crippen LogP contribution in [0.4, 0.5) is 0 Å². The third-order valence-electron chi connectivity index (χ3n) is 5.30. The van der Waals surface area contributed by atoms with Gasteiger partial charge in [0.2, 0.25) is 5.79 Å². The lowest BCUT2D eigenvalue weighted by atomic mass is 9.72. The molecule has 0 amide bonds. The molecule has 0 saturated carbocycles. The fourth-order valence-electron chi connectivity index (χ4n) is 4.01. The molecule has 3 heterocycles. The monoisotopic (exact) mass is 306 g/mol. The van der Waals surface area contributed by atoms with Crippen molar-refractivity contribution >= 4 is 5.97 Å². The molecule has 1 aromatic rings. The van der Waals surface area contributed by atoms with Crippen LogP contribution in [0.3, 0.4) is 0 Å². The molecule has 1 spiro atoms. The molecule has 0 aliphatic carbocycles. The normalized spacial score (nSPS) is 41.0. The number of esters is 1. The third kappa shape index (κ3) is 1.34. The van der Waals surface area contributed by atoms with Gasteiger partial charge in [-0.3, -0.25) is 9.53 Å². The molecule has 2 saturated heterocycles. The summed E-state index contributed by atoms with van der Waals surface area (Å²) in [6, 6.07) is 2.91. The number of carbonyl (C=O) groups is 1. The number of phenols is 1. The summed E-state index contributed by atoms with van der Waals surface area (Å²) in [5.74, 6) is -4.87. The minimum absolute atomic E-state index is 0.0323. The summed E-state index contributed by atoms with van der Waals surface area (Å²) in [5, 5.41) is 20.5. The van der Waals surface area contributed by atoms with Gasteiger partial charge in [-0.2, -0.15) is 0 Å². The standard InChI is InChI=1S/C16H18O6/c1-7-5-9(17)6-10-11(7)15-12(14(3,4)8(2)20-15)13(18)21-16(10,19)22-15/h5-6,8,12,17,19H,1-4H3/t8-,12-,15-,16-/m1/s1. The van der Waals surface area contributed by atoms with Crippen molar-refractivity contribution in [1.29, 1.82) is 0 Å². The fourth-order valence-corrected chi connectivity index (χ4v) is 4.01. The van der Waals surface area contributed by atoms with Gasteiger partial charge >= 0.3 is 11.9 Å². The highest BCUT2D eigenvalue weighted by atomic mass is 16.9. The van der Waals surface area contributed by atoms with Gasteiger partial charge in [-0.15, -0.1) is 0 Å². The summed E-state index contributed by atoms with van der Waals surface area (Å²) in [6.45, 7) is 7.48.